The van der Waals surface area contributed by atoms with Gasteiger partial charge in [-0.1, -0.05) is 109 Å². The highest BCUT2D eigenvalue weighted by Crippen LogP contribution is 2.38. The van der Waals surface area contributed by atoms with Crippen LogP contribution in [0.4, 0.5) is 0 Å². The lowest BCUT2D eigenvalue weighted by Crippen LogP contribution is -2.00. The maximum atomic E-state index is 6.51. The Kier molecular flexibility index (Phi) is 4.79. The van der Waals surface area contributed by atoms with E-state index in [0.717, 1.165) is 54.8 Å². The number of hydrogen-bond acceptors (Lipinski definition) is 4. The highest BCUT2D eigenvalue weighted by Gasteiger charge is 2.18. The second kappa shape index (κ2) is 8.61. The second-order valence-corrected chi connectivity index (χ2v) is 9.68. The van der Waals surface area contributed by atoms with Crippen LogP contribution in [0.2, 0.25) is 0 Å². The molecule has 0 aliphatic carbocycles. The summed E-state index contributed by atoms with van der Waals surface area (Å²) in [4.78, 5) is 15.0. The highest BCUT2D eigenvalue weighted by molar-refractivity contribution is 6.13. The SMILES string of the molecule is c1ccc(-c2nc(-c3cccc4ccccc34)nc(-c3cccc4c3oc3cc5ccccc5cc34)n2)cc1. The summed E-state index contributed by atoms with van der Waals surface area (Å²) in [7, 11) is 0. The molecule has 39 heavy (non-hydrogen) atoms. The molecule has 0 atom stereocenters. The first-order chi connectivity index (χ1) is 19.3. The Balaban J connectivity index is 1.41. The van der Waals surface area contributed by atoms with Gasteiger partial charge in [-0.3, -0.25) is 0 Å². The Bertz CT molecular complexity index is 2180. The van der Waals surface area contributed by atoms with Crippen molar-refractivity contribution in [1.82, 2.24) is 15.0 Å². The Morgan fingerprint density at radius 3 is 1.85 bits per heavy atom. The van der Waals surface area contributed by atoms with Crippen molar-refractivity contribution in [2.45, 2.75) is 0 Å². The highest BCUT2D eigenvalue weighted by atomic mass is 16.3. The van der Waals surface area contributed by atoms with Gasteiger partial charge >= 0.3 is 0 Å². The zero-order valence-corrected chi connectivity index (χ0v) is 20.9. The molecule has 0 saturated carbocycles. The third-order valence-electron chi connectivity index (χ3n) is 7.30. The van der Waals surface area contributed by atoms with Crippen LogP contribution in [-0.2, 0) is 0 Å². The standard InChI is InChI=1S/C35H21N3O/c1-2-11-23(12-3-1)33-36-34(28-18-8-15-22-10-6-7-16-26(22)28)38-35(37-33)29-19-9-17-27-30-20-24-13-4-5-14-25(24)21-31(30)39-32(27)29/h1-21H. The van der Waals surface area contributed by atoms with Gasteiger partial charge < -0.3 is 4.42 Å². The van der Waals surface area contributed by atoms with E-state index >= 15 is 0 Å². The summed E-state index contributed by atoms with van der Waals surface area (Å²) in [6.45, 7) is 0. The predicted molar refractivity (Wildman–Crippen MR) is 158 cm³/mol. The van der Waals surface area contributed by atoms with E-state index in [4.69, 9.17) is 19.4 Å². The van der Waals surface area contributed by atoms with E-state index in [-0.39, 0.29) is 0 Å². The Morgan fingerprint density at radius 2 is 1.00 bits per heavy atom. The van der Waals surface area contributed by atoms with Gasteiger partial charge in [-0.05, 0) is 39.7 Å². The number of fused-ring (bicyclic) bond motifs is 5. The van der Waals surface area contributed by atoms with Gasteiger partial charge in [-0.25, -0.2) is 15.0 Å². The van der Waals surface area contributed by atoms with Crippen molar-refractivity contribution in [3.8, 4) is 34.2 Å². The molecule has 0 fully saturated rings. The largest absolute Gasteiger partial charge is 0.455 e. The van der Waals surface area contributed by atoms with Crippen molar-refractivity contribution in [3.05, 3.63) is 127 Å². The average Bonchev–Trinajstić information content (AvgIpc) is 3.37. The molecule has 182 valence electrons. The van der Waals surface area contributed by atoms with Gasteiger partial charge in [0.1, 0.15) is 11.2 Å². The van der Waals surface area contributed by atoms with E-state index in [1.165, 1.54) is 5.39 Å². The van der Waals surface area contributed by atoms with E-state index in [2.05, 4.69) is 60.7 Å². The van der Waals surface area contributed by atoms with Crippen LogP contribution in [0.25, 0.3) is 77.6 Å². The molecule has 0 amide bonds. The molecule has 6 aromatic carbocycles. The molecule has 2 heterocycles. The first kappa shape index (κ1) is 21.7. The Hall–Kier alpha value is -5.35. The summed E-state index contributed by atoms with van der Waals surface area (Å²) < 4.78 is 6.51. The summed E-state index contributed by atoms with van der Waals surface area (Å²) in [5.74, 6) is 1.85. The maximum absolute atomic E-state index is 6.51. The van der Waals surface area contributed by atoms with Gasteiger partial charge in [-0.15, -0.1) is 0 Å². The van der Waals surface area contributed by atoms with Gasteiger partial charge in [0.25, 0.3) is 0 Å². The lowest BCUT2D eigenvalue weighted by atomic mass is 10.0. The third-order valence-corrected chi connectivity index (χ3v) is 7.30. The minimum absolute atomic E-state index is 0.584. The fraction of sp³-hybridized carbons (Fsp3) is 0. The van der Waals surface area contributed by atoms with Gasteiger partial charge in [0.15, 0.2) is 17.5 Å². The van der Waals surface area contributed by atoms with E-state index in [1.54, 1.807) is 0 Å². The molecule has 0 aliphatic heterocycles. The molecule has 8 aromatic rings. The summed E-state index contributed by atoms with van der Waals surface area (Å²) >= 11 is 0. The molecule has 0 bridgehead atoms. The molecular formula is C35H21N3O. The molecule has 0 aliphatic rings. The van der Waals surface area contributed by atoms with Crippen LogP contribution >= 0.6 is 0 Å². The van der Waals surface area contributed by atoms with E-state index in [9.17, 15) is 0 Å². The zero-order chi connectivity index (χ0) is 25.8. The van der Waals surface area contributed by atoms with Crippen LogP contribution in [0, 0.1) is 0 Å². The number of nitrogens with zero attached hydrogens (tertiary/aromatic N) is 3. The molecule has 8 rings (SSSR count). The molecule has 2 aromatic heterocycles. The number of aromatic nitrogens is 3. The quantitative estimate of drug-likeness (QED) is 0.243. The number of benzene rings is 6. The fourth-order valence-electron chi connectivity index (χ4n) is 5.41. The van der Waals surface area contributed by atoms with Crippen LogP contribution in [0.3, 0.4) is 0 Å². The molecule has 0 spiro atoms. The minimum Gasteiger partial charge on any atom is -0.455 e. The number of para-hydroxylation sites is 1. The first-order valence-electron chi connectivity index (χ1n) is 13.0. The lowest BCUT2D eigenvalue weighted by Gasteiger charge is -2.10. The van der Waals surface area contributed by atoms with Gasteiger partial charge in [0.05, 0.1) is 5.56 Å². The maximum Gasteiger partial charge on any atom is 0.167 e. The Labute approximate surface area is 224 Å². The smallest absolute Gasteiger partial charge is 0.167 e. The first-order valence-corrected chi connectivity index (χ1v) is 13.0. The van der Waals surface area contributed by atoms with Crippen molar-refractivity contribution in [2.24, 2.45) is 0 Å². The van der Waals surface area contributed by atoms with Crippen LogP contribution in [0.5, 0.6) is 0 Å². The van der Waals surface area contributed by atoms with E-state index in [1.807, 2.05) is 66.7 Å². The normalized spacial score (nSPS) is 11.6. The van der Waals surface area contributed by atoms with Gasteiger partial charge in [0, 0.05) is 21.9 Å². The molecule has 0 N–H and O–H groups in total. The topological polar surface area (TPSA) is 51.8 Å². The zero-order valence-electron chi connectivity index (χ0n) is 20.9. The molecule has 0 radical (unpaired) electrons. The van der Waals surface area contributed by atoms with Crippen LogP contribution in [0.15, 0.2) is 132 Å². The third kappa shape index (κ3) is 3.57. The summed E-state index contributed by atoms with van der Waals surface area (Å²) in [5.41, 5.74) is 4.37. The van der Waals surface area contributed by atoms with Crippen LogP contribution in [0.1, 0.15) is 0 Å². The minimum atomic E-state index is 0.584. The molecular weight excluding hydrogens is 478 g/mol. The molecule has 0 saturated heterocycles. The van der Waals surface area contributed by atoms with Crippen molar-refractivity contribution >= 4 is 43.5 Å². The summed E-state index contributed by atoms with van der Waals surface area (Å²) in [5, 5.41) is 6.70. The summed E-state index contributed by atoms with van der Waals surface area (Å²) in [6, 6.07) is 43.4. The second-order valence-electron chi connectivity index (χ2n) is 9.68. The monoisotopic (exact) mass is 499 g/mol. The lowest BCUT2D eigenvalue weighted by molar-refractivity contribution is 0.670. The predicted octanol–water partition coefficient (Wildman–Crippen LogP) is 9.08. The summed E-state index contributed by atoms with van der Waals surface area (Å²) in [6.07, 6.45) is 0. The van der Waals surface area contributed by atoms with E-state index < -0.39 is 0 Å². The number of hydrogen-bond donors (Lipinski definition) is 0. The number of rotatable bonds is 3. The van der Waals surface area contributed by atoms with E-state index in [0.29, 0.717) is 17.5 Å². The average molecular weight is 500 g/mol. The van der Waals surface area contributed by atoms with Crippen molar-refractivity contribution < 1.29 is 4.42 Å². The van der Waals surface area contributed by atoms with Gasteiger partial charge in [-0.2, -0.15) is 0 Å². The molecule has 4 heteroatoms. The van der Waals surface area contributed by atoms with Crippen LogP contribution < -0.4 is 0 Å². The van der Waals surface area contributed by atoms with Crippen LogP contribution in [-0.4, -0.2) is 15.0 Å². The van der Waals surface area contributed by atoms with Crippen molar-refractivity contribution in [2.75, 3.05) is 0 Å². The fourth-order valence-corrected chi connectivity index (χ4v) is 5.41. The number of furan rings is 1. The van der Waals surface area contributed by atoms with Crippen molar-refractivity contribution in [1.29, 1.82) is 0 Å². The Morgan fingerprint density at radius 1 is 0.410 bits per heavy atom. The molecule has 4 nitrogen and oxygen atoms in total. The molecule has 0 unspecified atom stereocenters. The van der Waals surface area contributed by atoms with Crippen molar-refractivity contribution in [3.63, 3.8) is 0 Å². The van der Waals surface area contributed by atoms with Gasteiger partial charge in [0.2, 0.25) is 0 Å².